The maximum absolute atomic E-state index is 7.00. The fourth-order valence-corrected chi connectivity index (χ4v) is 2.47. The molecule has 1 rings (SSSR count). The average Bonchev–Trinajstić information content (AvgIpc) is 2.55. The third-order valence-corrected chi connectivity index (χ3v) is 3.50. The van der Waals surface area contributed by atoms with Gasteiger partial charge in [0.2, 0.25) is 0 Å². The number of hydrogen-bond acceptors (Lipinski definition) is 3. The predicted octanol–water partition coefficient (Wildman–Crippen LogP) is 4.29. The van der Waals surface area contributed by atoms with E-state index >= 15 is 0 Å². The van der Waals surface area contributed by atoms with E-state index in [2.05, 4.69) is 0 Å². The summed E-state index contributed by atoms with van der Waals surface area (Å²) in [6, 6.07) is 0. The van der Waals surface area contributed by atoms with Gasteiger partial charge in [-0.1, -0.05) is 89.9 Å². The molecule has 0 atom stereocenters. The summed E-state index contributed by atoms with van der Waals surface area (Å²) in [5.74, 6) is 0. The zero-order valence-corrected chi connectivity index (χ0v) is 14.2. The molecule has 0 amide bonds. The molecule has 0 aromatic carbocycles. The summed E-state index contributed by atoms with van der Waals surface area (Å²) in [6.07, 6.45) is 21.0. The van der Waals surface area contributed by atoms with Crippen LogP contribution in [0.3, 0.4) is 0 Å². The van der Waals surface area contributed by atoms with Gasteiger partial charge in [-0.05, 0) is 0 Å². The third-order valence-electron chi connectivity index (χ3n) is 3.50. The van der Waals surface area contributed by atoms with Gasteiger partial charge in [-0.3, -0.25) is 0 Å². The Kier molecular flexibility index (Phi) is 39.0. The Balaban J connectivity index is -0.000000425. The Morgan fingerprint density at radius 1 is 0.250 bits per heavy atom. The highest BCUT2D eigenvalue weighted by molar-refractivity contribution is 4.51. The normalized spacial score (nSPS) is 17.7. The van der Waals surface area contributed by atoms with Gasteiger partial charge >= 0.3 is 0 Å². The minimum Gasteiger partial charge on any atom is -0.400 e. The first kappa shape index (κ1) is 24.9. The lowest BCUT2D eigenvalue weighted by Gasteiger charge is -2.05. The summed E-state index contributed by atoms with van der Waals surface area (Å²) in [4.78, 5) is 0. The van der Waals surface area contributed by atoms with E-state index in [1.807, 2.05) is 0 Å². The maximum atomic E-state index is 7.00. The highest BCUT2D eigenvalue weighted by Crippen LogP contribution is 2.16. The molecule has 0 bridgehead atoms. The lowest BCUT2D eigenvalue weighted by Crippen LogP contribution is -1.85. The summed E-state index contributed by atoms with van der Waals surface area (Å²) in [5, 5.41) is 21.0. The Labute approximate surface area is 127 Å². The molecule has 3 nitrogen and oxygen atoms in total. The quantitative estimate of drug-likeness (QED) is 0.624. The Morgan fingerprint density at radius 2 is 0.300 bits per heavy atom. The number of rotatable bonds is 0. The molecule has 1 aliphatic carbocycles. The van der Waals surface area contributed by atoms with Gasteiger partial charge in [0.15, 0.2) is 0 Å². The number of aliphatic hydroxyl groups excluding tert-OH is 3. The topological polar surface area (TPSA) is 60.7 Å². The smallest absolute Gasteiger partial charge is 0.0319 e. The van der Waals surface area contributed by atoms with Crippen molar-refractivity contribution in [2.45, 2.75) is 89.9 Å². The largest absolute Gasteiger partial charge is 0.400 e. The Bertz CT molecular complexity index is 65.5. The SMILES string of the molecule is C1CCCCCCCCCCCCC1.CO.CO.CO. The first-order chi connectivity index (χ1) is 10.0. The van der Waals surface area contributed by atoms with E-state index in [0.29, 0.717) is 0 Å². The van der Waals surface area contributed by atoms with Crippen LogP contribution in [0.4, 0.5) is 0 Å². The molecule has 3 heteroatoms. The van der Waals surface area contributed by atoms with Crippen LogP contribution in [0.2, 0.25) is 0 Å². The molecule has 3 N–H and O–H groups in total. The van der Waals surface area contributed by atoms with Gasteiger partial charge in [0, 0.05) is 21.3 Å². The first-order valence-electron chi connectivity index (χ1n) is 8.34. The number of hydrogen-bond donors (Lipinski definition) is 3. The first-order valence-corrected chi connectivity index (χ1v) is 8.34. The van der Waals surface area contributed by atoms with E-state index < -0.39 is 0 Å². The molecule has 0 unspecified atom stereocenters. The summed E-state index contributed by atoms with van der Waals surface area (Å²) in [5.41, 5.74) is 0. The van der Waals surface area contributed by atoms with E-state index in [-0.39, 0.29) is 0 Å². The molecular formula is C17H40O3. The standard InChI is InChI=1S/C14H28.3CH4O/c1-2-4-6-8-10-12-14-13-11-9-7-5-3-1;3*1-2/h1-14H2;3*2H,1H3. The van der Waals surface area contributed by atoms with Crippen LogP contribution in [0.15, 0.2) is 0 Å². The molecule has 0 aromatic heterocycles. The molecule has 0 heterocycles. The van der Waals surface area contributed by atoms with Gasteiger partial charge in [0.1, 0.15) is 0 Å². The second-order valence-corrected chi connectivity index (χ2v) is 4.95. The van der Waals surface area contributed by atoms with Crippen LogP contribution in [0.25, 0.3) is 0 Å². The third kappa shape index (κ3) is 26.4. The van der Waals surface area contributed by atoms with Crippen LogP contribution in [-0.2, 0) is 0 Å². The molecule has 0 spiro atoms. The van der Waals surface area contributed by atoms with Gasteiger partial charge in [0.25, 0.3) is 0 Å². The van der Waals surface area contributed by atoms with Gasteiger partial charge in [0.05, 0.1) is 0 Å². The zero-order chi connectivity index (χ0) is 15.9. The zero-order valence-electron chi connectivity index (χ0n) is 14.2. The van der Waals surface area contributed by atoms with Crippen molar-refractivity contribution in [2.75, 3.05) is 21.3 Å². The lowest BCUT2D eigenvalue weighted by atomic mass is 10.0. The summed E-state index contributed by atoms with van der Waals surface area (Å²) in [7, 11) is 3.00. The van der Waals surface area contributed by atoms with Crippen molar-refractivity contribution < 1.29 is 15.3 Å². The van der Waals surface area contributed by atoms with Crippen molar-refractivity contribution in [3.63, 3.8) is 0 Å². The van der Waals surface area contributed by atoms with Gasteiger partial charge < -0.3 is 15.3 Å². The van der Waals surface area contributed by atoms with Gasteiger partial charge in [-0.25, -0.2) is 0 Å². The molecule has 0 aliphatic heterocycles. The predicted molar refractivity (Wildman–Crippen MR) is 89.1 cm³/mol. The van der Waals surface area contributed by atoms with Crippen molar-refractivity contribution in [2.24, 2.45) is 0 Å². The molecule has 0 aromatic rings. The minimum atomic E-state index is 1.00. The summed E-state index contributed by atoms with van der Waals surface area (Å²) >= 11 is 0. The van der Waals surface area contributed by atoms with Crippen molar-refractivity contribution in [3.05, 3.63) is 0 Å². The maximum Gasteiger partial charge on any atom is 0.0319 e. The van der Waals surface area contributed by atoms with Gasteiger partial charge in [-0.15, -0.1) is 0 Å². The van der Waals surface area contributed by atoms with Crippen LogP contribution in [0.1, 0.15) is 89.9 Å². The molecule has 0 radical (unpaired) electrons. The van der Waals surface area contributed by atoms with E-state index in [1.165, 1.54) is 89.9 Å². The van der Waals surface area contributed by atoms with E-state index in [9.17, 15) is 0 Å². The Hall–Kier alpha value is -0.120. The van der Waals surface area contributed by atoms with Crippen molar-refractivity contribution in [3.8, 4) is 0 Å². The monoisotopic (exact) mass is 292 g/mol. The second-order valence-electron chi connectivity index (χ2n) is 4.95. The van der Waals surface area contributed by atoms with Crippen molar-refractivity contribution in [1.29, 1.82) is 0 Å². The van der Waals surface area contributed by atoms with E-state index in [1.54, 1.807) is 0 Å². The van der Waals surface area contributed by atoms with Crippen LogP contribution in [-0.4, -0.2) is 36.6 Å². The highest BCUT2D eigenvalue weighted by Gasteiger charge is 1.96. The van der Waals surface area contributed by atoms with E-state index in [0.717, 1.165) is 21.3 Å². The molecule has 1 aliphatic rings. The van der Waals surface area contributed by atoms with Crippen LogP contribution >= 0.6 is 0 Å². The molecular weight excluding hydrogens is 252 g/mol. The van der Waals surface area contributed by atoms with E-state index in [4.69, 9.17) is 15.3 Å². The fourth-order valence-electron chi connectivity index (χ4n) is 2.47. The van der Waals surface area contributed by atoms with Crippen molar-refractivity contribution >= 4 is 0 Å². The van der Waals surface area contributed by atoms with Gasteiger partial charge in [-0.2, -0.15) is 0 Å². The highest BCUT2D eigenvalue weighted by atomic mass is 16.2. The molecule has 126 valence electrons. The molecule has 0 saturated heterocycles. The Morgan fingerprint density at radius 3 is 0.350 bits per heavy atom. The number of aliphatic hydroxyl groups is 3. The fraction of sp³-hybridized carbons (Fsp3) is 1.00. The van der Waals surface area contributed by atoms with Crippen LogP contribution < -0.4 is 0 Å². The minimum absolute atomic E-state index is 1.00. The molecule has 20 heavy (non-hydrogen) atoms. The molecule has 1 fully saturated rings. The average molecular weight is 293 g/mol. The second kappa shape index (κ2) is 31.3. The lowest BCUT2D eigenvalue weighted by molar-refractivity contribution is 0.399. The van der Waals surface area contributed by atoms with Crippen LogP contribution in [0.5, 0.6) is 0 Å². The molecule has 1 saturated carbocycles. The van der Waals surface area contributed by atoms with Crippen LogP contribution in [0, 0.1) is 0 Å². The summed E-state index contributed by atoms with van der Waals surface area (Å²) in [6.45, 7) is 0. The summed E-state index contributed by atoms with van der Waals surface area (Å²) < 4.78 is 0. The van der Waals surface area contributed by atoms with Crippen molar-refractivity contribution in [1.82, 2.24) is 0 Å².